The molecular weight excluding hydrogens is 360 g/mol. The van der Waals surface area contributed by atoms with Crippen LogP contribution in [0, 0.1) is 18.8 Å². The van der Waals surface area contributed by atoms with Crippen molar-refractivity contribution in [2.24, 2.45) is 11.8 Å². The Balaban J connectivity index is 1.40. The number of amides is 2. The van der Waals surface area contributed by atoms with Gasteiger partial charge in [-0.15, -0.1) is 0 Å². The zero-order valence-electron chi connectivity index (χ0n) is 17.2. The fraction of sp³-hybridized carbons (Fsp3) is 0.440. The third-order valence-electron chi connectivity index (χ3n) is 6.53. The molecule has 1 aliphatic carbocycles. The van der Waals surface area contributed by atoms with E-state index < -0.39 is 0 Å². The second-order valence-corrected chi connectivity index (χ2v) is 8.33. The van der Waals surface area contributed by atoms with Gasteiger partial charge in [0.2, 0.25) is 11.8 Å². The maximum absolute atomic E-state index is 13.4. The van der Waals surface area contributed by atoms with Gasteiger partial charge in [-0.1, -0.05) is 55.3 Å². The lowest BCUT2D eigenvalue weighted by Gasteiger charge is -2.32. The first kappa shape index (κ1) is 19.7. The highest BCUT2D eigenvalue weighted by molar-refractivity contribution is 5.99. The van der Waals surface area contributed by atoms with Crippen LogP contribution in [0.1, 0.15) is 42.4 Å². The Hall–Kier alpha value is -2.62. The highest BCUT2D eigenvalue weighted by atomic mass is 16.2. The minimum atomic E-state index is -0.208. The van der Waals surface area contributed by atoms with Crippen molar-refractivity contribution in [3.63, 3.8) is 0 Å². The van der Waals surface area contributed by atoms with Gasteiger partial charge in [-0.25, -0.2) is 0 Å². The largest absolute Gasteiger partial charge is 0.356 e. The molecule has 2 aliphatic rings. The van der Waals surface area contributed by atoms with Gasteiger partial charge in [0.1, 0.15) is 0 Å². The Morgan fingerprint density at radius 3 is 2.55 bits per heavy atom. The molecule has 2 unspecified atom stereocenters. The maximum Gasteiger partial charge on any atom is 0.230 e. The average molecular weight is 391 g/mol. The summed E-state index contributed by atoms with van der Waals surface area (Å²) in [4.78, 5) is 28.2. The van der Waals surface area contributed by atoms with Crippen molar-refractivity contribution in [3.8, 4) is 0 Å². The SMILES string of the molecule is Cc1ccccc1CCNC(=O)C1CCCCC1C(=O)N1CCc2ccccc21. The van der Waals surface area contributed by atoms with Gasteiger partial charge < -0.3 is 10.2 Å². The molecule has 2 aromatic rings. The second kappa shape index (κ2) is 8.81. The van der Waals surface area contributed by atoms with E-state index in [2.05, 4.69) is 30.4 Å². The zero-order valence-corrected chi connectivity index (χ0v) is 17.2. The number of hydrogen-bond donors (Lipinski definition) is 1. The Morgan fingerprint density at radius 1 is 1.00 bits per heavy atom. The Bertz CT molecular complexity index is 892. The summed E-state index contributed by atoms with van der Waals surface area (Å²) in [6, 6.07) is 16.4. The average Bonchev–Trinajstić information content (AvgIpc) is 3.19. The quantitative estimate of drug-likeness (QED) is 0.837. The minimum absolute atomic E-state index is 0.0455. The molecule has 1 heterocycles. The number of hydrogen-bond acceptors (Lipinski definition) is 2. The minimum Gasteiger partial charge on any atom is -0.356 e. The smallest absolute Gasteiger partial charge is 0.230 e. The molecule has 2 atom stereocenters. The summed E-state index contributed by atoms with van der Waals surface area (Å²) < 4.78 is 0. The number of aryl methyl sites for hydroxylation is 1. The Morgan fingerprint density at radius 2 is 1.72 bits per heavy atom. The number of carbonyl (C=O) groups is 2. The first-order valence-corrected chi connectivity index (χ1v) is 10.9. The number of anilines is 1. The van der Waals surface area contributed by atoms with E-state index in [9.17, 15) is 9.59 Å². The third kappa shape index (κ3) is 4.21. The predicted molar refractivity (Wildman–Crippen MR) is 116 cm³/mol. The van der Waals surface area contributed by atoms with Gasteiger partial charge in [0, 0.05) is 24.7 Å². The maximum atomic E-state index is 13.4. The second-order valence-electron chi connectivity index (χ2n) is 8.33. The van der Waals surface area contributed by atoms with Gasteiger partial charge in [-0.05, 0) is 55.4 Å². The first-order chi connectivity index (χ1) is 14.1. The van der Waals surface area contributed by atoms with Crippen molar-refractivity contribution >= 4 is 17.5 Å². The van der Waals surface area contributed by atoms with Crippen LogP contribution < -0.4 is 10.2 Å². The van der Waals surface area contributed by atoms with Gasteiger partial charge in [-0.2, -0.15) is 0 Å². The van der Waals surface area contributed by atoms with Crippen LogP contribution in [-0.2, 0) is 22.4 Å². The molecule has 152 valence electrons. The molecular formula is C25H30N2O2. The third-order valence-corrected chi connectivity index (χ3v) is 6.53. The summed E-state index contributed by atoms with van der Waals surface area (Å²) >= 11 is 0. The molecule has 0 spiro atoms. The van der Waals surface area contributed by atoms with Crippen LogP contribution in [0.5, 0.6) is 0 Å². The fourth-order valence-electron chi connectivity index (χ4n) is 4.85. The number of nitrogens with zero attached hydrogens (tertiary/aromatic N) is 1. The highest BCUT2D eigenvalue weighted by Gasteiger charge is 2.39. The van der Waals surface area contributed by atoms with Gasteiger partial charge in [0.05, 0.1) is 5.92 Å². The van der Waals surface area contributed by atoms with E-state index >= 15 is 0 Å². The number of rotatable bonds is 5. The van der Waals surface area contributed by atoms with Crippen molar-refractivity contribution in [1.82, 2.24) is 5.32 Å². The van der Waals surface area contributed by atoms with E-state index in [1.807, 2.05) is 35.2 Å². The molecule has 0 saturated heterocycles. The van der Waals surface area contributed by atoms with Crippen LogP contribution >= 0.6 is 0 Å². The zero-order chi connectivity index (χ0) is 20.2. The summed E-state index contributed by atoms with van der Waals surface area (Å²) in [6.45, 7) is 3.45. The van der Waals surface area contributed by atoms with E-state index in [-0.39, 0.29) is 23.7 Å². The Labute approximate surface area is 173 Å². The molecule has 1 fully saturated rings. The number of para-hydroxylation sites is 1. The fourth-order valence-corrected chi connectivity index (χ4v) is 4.85. The molecule has 1 aliphatic heterocycles. The molecule has 1 N–H and O–H groups in total. The van der Waals surface area contributed by atoms with E-state index in [4.69, 9.17) is 0 Å². The van der Waals surface area contributed by atoms with E-state index in [1.165, 1.54) is 16.7 Å². The van der Waals surface area contributed by atoms with Crippen LogP contribution in [0.15, 0.2) is 48.5 Å². The normalized spacial score (nSPS) is 20.9. The number of nitrogens with one attached hydrogen (secondary N) is 1. The molecule has 4 nitrogen and oxygen atoms in total. The van der Waals surface area contributed by atoms with Gasteiger partial charge in [0.15, 0.2) is 0 Å². The lowest BCUT2D eigenvalue weighted by molar-refractivity contribution is -0.135. The van der Waals surface area contributed by atoms with Crippen molar-refractivity contribution in [1.29, 1.82) is 0 Å². The van der Waals surface area contributed by atoms with Crippen LogP contribution in [-0.4, -0.2) is 24.9 Å². The van der Waals surface area contributed by atoms with Gasteiger partial charge in [-0.3, -0.25) is 9.59 Å². The highest BCUT2D eigenvalue weighted by Crippen LogP contribution is 2.35. The summed E-state index contributed by atoms with van der Waals surface area (Å²) in [5.41, 5.74) is 4.77. The molecule has 2 amide bonds. The summed E-state index contributed by atoms with van der Waals surface area (Å²) in [5.74, 6) is -0.230. The lowest BCUT2D eigenvalue weighted by atomic mass is 9.77. The number of fused-ring (bicyclic) bond motifs is 1. The molecule has 4 rings (SSSR count). The predicted octanol–water partition coefficient (Wildman–Crippen LogP) is 4.05. The standard InChI is InChI=1S/C25H30N2O2/c1-18-8-2-3-9-19(18)14-16-26-24(28)21-11-5-6-12-22(21)25(29)27-17-15-20-10-4-7-13-23(20)27/h2-4,7-10,13,21-22H,5-6,11-12,14-17H2,1H3,(H,26,28). The Kier molecular flexibility index (Phi) is 5.98. The molecule has 4 heteroatoms. The molecule has 1 saturated carbocycles. The van der Waals surface area contributed by atoms with Gasteiger partial charge in [0.25, 0.3) is 0 Å². The molecule has 2 aromatic carbocycles. The van der Waals surface area contributed by atoms with Crippen LogP contribution in [0.3, 0.4) is 0 Å². The van der Waals surface area contributed by atoms with E-state index in [1.54, 1.807) is 0 Å². The summed E-state index contributed by atoms with van der Waals surface area (Å²) in [7, 11) is 0. The van der Waals surface area contributed by atoms with Crippen LogP contribution in [0.4, 0.5) is 5.69 Å². The number of benzene rings is 2. The molecule has 29 heavy (non-hydrogen) atoms. The monoisotopic (exact) mass is 390 g/mol. The first-order valence-electron chi connectivity index (χ1n) is 10.9. The van der Waals surface area contributed by atoms with Crippen LogP contribution in [0.25, 0.3) is 0 Å². The van der Waals surface area contributed by atoms with Crippen molar-refractivity contribution in [3.05, 3.63) is 65.2 Å². The van der Waals surface area contributed by atoms with Gasteiger partial charge >= 0.3 is 0 Å². The van der Waals surface area contributed by atoms with E-state index in [0.717, 1.165) is 50.8 Å². The topological polar surface area (TPSA) is 49.4 Å². The van der Waals surface area contributed by atoms with E-state index in [0.29, 0.717) is 6.54 Å². The molecule has 0 radical (unpaired) electrons. The summed E-state index contributed by atoms with van der Waals surface area (Å²) in [5, 5.41) is 3.11. The summed E-state index contributed by atoms with van der Waals surface area (Å²) in [6.07, 6.45) is 5.40. The lowest BCUT2D eigenvalue weighted by Crippen LogP contribution is -2.45. The van der Waals surface area contributed by atoms with Crippen molar-refractivity contribution in [2.75, 3.05) is 18.0 Å². The van der Waals surface area contributed by atoms with Crippen LogP contribution in [0.2, 0.25) is 0 Å². The van der Waals surface area contributed by atoms with Crippen molar-refractivity contribution in [2.45, 2.75) is 45.4 Å². The number of carbonyl (C=O) groups excluding carboxylic acids is 2. The molecule has 0 bridgehead atoms. The van der Waals surface area contributed by atoms with Crippen molar-refractivity contribution < 1.29 is 9.59 Å². The molecule has 0 aromatic heterocycles.